The van der Waals surface area contributed by atoms with E-state index in [-0.39, 0.29) is 13.2 Å². The number of carbonyl (C=O) groups is 2. The first-order valence-electron chi connectivity index (χ1n) is 8.86. The molecule has 3 rings (SSSR count). The van der Waals surface area contributed by atoms with E-state index in [4.69, 9.17) is 9.47 Å². The summed E-state index contributed by atoms with van der Waals surface area (Å²) in [5, 5.41) is 5.30. The van der Waals surface area contributed by atoms with Gasteiger partial charge < -0.3 is 9.47 Å². The summed E-state index contributed by atoms with van der Waals surface area (Å²) >= 11 is 0. The van der Waals surface area contributed by atoms with Crippen LogP contribution in [-0.2, 0) is 22.7 Å². The number of hydrogen-bond acceptors (Lipinski definition) is 6. The van der Waals surface area contributed by atoms with Gasteiger partial charge in [-0.1, -0.05) is 18.2 Å². The summed E-state index contributed by atoms with van der Waals surface area (Å²) in [6, 6.07) is 12.3. The number of ether oxygens (including phenoxy) is 2. The van der Waals surface area contributed by atoms with Gasteiger partial charge in [-0.05, 0) is 36.8 Å². The van der Waals surface area contributed by atoms with Crippen LogP contribution in [0.5, 0.6) is 0 Å². The zero-order valence-corrected chi connectivity index (χ0v) is 15.8. The molecule has 8 nitrogen and oxygen atoms in total. The highest BCUT2D eigenvalue weighted by Crippen LogP contribution is 2.21. The second kappa shape index (κ2) is 9.84. The largest absolute Gasteiger partial charge is 0.444 e. The van der Waals surface area contributed by atoms with Gasteiger partial charge in [0.1, 0.15) is 13.2 Å². The van der Waals surface area contributed by atoms with Crippen LogP contribution in [0.15, 0.2) is 67.3 Å². The molecule has 0 unspecified atom stereocenters. The van der Waals surface area contributed by atoms with Crippen molar-refractivity contribution in [3.8, 4) is 0 Å². The van der Waals surface area contributed by atoms with Crippen molar-refractivity contribution in [2.75, 3.05) is 10.6 Å². The van der Waals surface area contributed by atoms with E-state index < -0.39 is 12.2 Å². The lowest BCUT2D eigenvalue weighted by Gasteiger charge is -2.12. The molecule has 3 aromatic rings. The Kier molecular flexibility index (Phi) is 6.72. The number of nitrogens with one attached hydrogen (secondary N) is 2. The molecule has 0 saturated heterocycles. The third-order valence-corrected chi connectivity index (χ3v) is 3.91. The van der Waals surface area contributed by atoms with Gasteiger partial charge in [-0.3, -0.25) is 20.6 Å². The van der Waals surface area contributed by atoms with Crippen LogP contribution in [0.4, 0.5) is 21.0 Å². The number of benzene rings is 1. The van der Waals surface area contributed by atoms with Crippen molar-refractivity contribution in [3.05, 3.63) is 83.9 Å². The molecule has 1 aromatic carbocycles. The van der Waals surface area contributed by atoms with Crippen LogP contribution in [0, 0.1) is 6.92 Å². The van der Waals surface area contributed by atoms with E-state index in [1.807, 2.05) is 19.1 Å². The first kappa shape index (κ1) is 19.8. The second-order valence-corrected chi connectivity index (χ2v) is 6.15. The maximum absolute atomic E-state index is 12.1. The Morgan fingerprint density at radius 2 is 1.45 bits per heavy atom. The van der Waals surface area contributed by atoms with E-state index in [2.05, 4.69) is 20.6 Å². The topological polar surface area (TPSA) is 102 Å². The lowest BCUT2D eigenvalue weighted by atomic mass is 10.2. The molecule has 0 spiro atoms. The van der Waals surface area contributed by atoms with Crippen molar-refractivity contribution in [1.82, 2.24) is 9.97 Å². The summed E-state index contributed by atoms with van der Waals surface area (Å²) in [6.45, 7) is 2.05. The van der Waals surface area contributed by atoms with Crippen LogP contribution >= 0.6 is 0 Å². The number of carbonyl (C=O) groups excluding carboxylic acids is 2. The number of nitrogens with zero attached hydrogens (tertiary/aromatic N) is 2. The maximum atomic E-state index is 12.1. The van der Waals surface area contributed by atoms with E-state index in [0.717, 1.165) is 16.7 Å². The molecule has 0 aliphatic rings. The molecule has 2 heterocycles. The predicted molar refractivity (Wildman–Crippen MR) is 107 cm³/mol. The molecule has 2 aromatic heterocycles. The van der Waals surface area contributed by atoms with Crippen molar-refractivity contribution in [1.29, 1.82) is 0 Å². The van der Waals surface area contributed by atoms with E-state index in [1.54, 1.807) is 55.1 Å². The van der Waals surface area contributed by atoms with Crippen LogP contribution in [0.2, 0.25) is 0 Å². The molecule has 0 bridgehead atoms. The van der Waals surface area contributed by atoms with Crippen molar-refractivity contribution in [2.45, 2.75) is 20.1 Å². The Morgan fingerprint density at radius 3 is 2.00 bits per heavy atom. The van der Waals surface area contributed by atoms with Crippen LogP contribution in [-0.4, -0.2) is 22.2 Å². The SMILES string of the molecule is Cc1ccc(NC(=O)OCc2cccnc2)cc1NC(=O)OCc1cccnc1. The number of aromatic nitrogens is 2. The monoisotopic (exact) mass is 392 g/mol. The number of anilines is 2. The molecule has 2 N–H and O–H groups in total. The fourth-order valence-electron chi connectivity index (χ4n) is 2.40. The predicted octanol–water partition coefficient (Wildman–Crippen LogP) is 4.28. The van der Waals surface area contributed by atoms with Gasteiger partial charge in [0.25, 0.3) is 0 Å². The van der Waals surface area contributed by atoms with E-state index in [1.165, 1.54) is 0 Å². The second-order valence-electron chi connectivity index (χ2n) is 6.15. The summed E-state index contributed by atoms with van der Waals surface area (Å²) in [5.41, 5.74) is 3.38. The Hall–Kier alpha value is -3.94. The van der Waals surface area contributed by atoms with Crippen LogP contribution in [0.3, 0.4) is 0 Å². The first-order valence-corrected chi connectivity index (χ1v) is 8.86. The van der Waals surface area contributed by atoms with Gasteiger partial charge in [0.05, 0.1) is 0 Å². The zero-order valence-electron chi connectivity index (χ0n) is 15.8. The molecule has 0 fully saturated rings. The molecule has 0 atom stereocenters. The standard InChI is InChI=1S/C21H20N4O4/c1-15-6-7-18(24-20(26)28-13-16-4-2-8-22-11-16)10-19(15)25-21(27)29-14-17-5-3-9-23-12-17/h2-12H,13-14H2,1H3,(H,24,26)(H,25,27). The maximum Gasteiger partial charge on any atom is 0.411 e. The molecule has 0 radical (unpaired) electrons. The minimum atomic E-state index is -0.609. The number of rotatable bonds is 6. The van der Waals surface area contributed by atoms with Gasteiger partial charge in [-0.2, -0.15) is 0 Å². The normalized spacial score (nSPS) is 10.1. The number of aryl methyl sites for hydroxylation is 1. The van der Waals surface area contributed by atoms with Crippen molar-refractivity contribution in [3.63, 3.8) is 0 Å². The van der Waals surface area contributed by atoms with Gasteiger partial charge in [0, 0.05) is 47.3 Å². The minimum Gasteiger partial charge on any atom is -0.444 e. The van der Waals surface area contributed by atoms with E-state index in [9.17, 15) is 9.59 Å². The third kappa shape index (κ3) is 6.31. The average Bonchev–Trinajstić information content (AvgIpc) is 2.75. The van der Waals surface area contributed by atoms with Crippen molar-refractivity contribution < 1.29 is 19.1 Å². The Balaban J connectivity index is 1.53. The highest BCUT2D eigenvalue weighted by Gasteiger charge is 2.09. The Bertz CT molecular complexity index is 965. The molecule has 2 amide bonds. The average molecular weight is 392 g/mol. The molecular formula is C21H20N4O4. The third-order valence-electron chi connectivity index (χ3n) is 3.91. The molecule has 0 saturated carbocycles. The van der Waals surface area contributed by atoms with Gasteiger partial charge in [0.15, 0.2) is 0 Å². The summed E-state index contributed by atoms with van der Waals surface area (Å²) in [5.74, 6) is 0. The van der Waals surface area contributed by atoms with Gasteiger partial charge in [0.2, 0.25) is 0 Å². The van der Waals surface area contributed by atoms with E-state index in [0.29, 0.717) is 11.4 Å². The smallest absolute Gasteiger partial charge is 0.411 e. The summed E-state index contributed by atoms with van der Waals surface area (Å²) in [4.78, 5) is 32.0. The molecular weight excluding hydrogens is 372 g/mol. The van der Waals surface area contributed by atoms with Crippen LogP contribution in [0.1, 0.15) is 16.7 Å². The van der Waals surface area contributed by atoms with Gasteiger partial charge in [-0.15, -0.1) is 0 Å². The van der Waals surface area contributed by atoms with Gasteiger partial charge in [-0.25, -0.2) is 9.59 Å². The van der Waals surface area contributed by atoms with Gasteiger partial charge >= 0.3 is 12.2 Å². The first-order chi connectivity index (χ1) is 14.1. The Morgan fingerprint density at radius 1 is 0.862 bits per heavy atom. The fourth-order valence-corrected chi connectivity index (χ4v) is 2.40. The fraction of sp³-hybridized carbons (Fsp3) is 0.143. The summed E-state index contributed by atoms with van der Waals surface area (Å²) in [6.07, 6.45) is 5.33. The Labute approximate surface area is 167 Å². The quantitative estimate of drug-likeness (QED) is 0.649. The van der Waals surface area contributed by atoms with Crippen LogP contribution in [0.25, 0.3) is 0 Å². The van der Waals surface area contributed by atoms with E-state index >= 15 is 0 Å². The molecule has 0 aliphatic carbocycles. The number of pyridine rings is 2. The molecule has 29 heavy (non-hydrogen) atoms. The highest BCUT2D eigenvalue weighted by atomic mass is 16.6. The molecule has 148 valence electrons. The number of hydrogen-bond donors (Lipinski definition) is 2. The summed E-state index contributed by atoms with van der Waals surface area (Å²) < 4.78 is 10.4. The zero-order chi connectivity index (χ0) is 20.5. The summed E-state index contributed by atoms with van der Waals surface area (Å²) in [7, 11) is 0. The molecule has 8 heteroatoms. The molecule has 0 aliphatic heterocycles. The lowest BCUT2D eigenvalue weighted by molar-refractivity contribution is 0.154. The number of amides is 2. The highest BCUT2D eigenvalue weighted by molar-refractivity contribution is 5.89. The van der Waals surface area contributed by atoms with Crippen molar-refractivity contribution >= 4 is 23.6 Å². The lowest BCUT2D eigenvalue weighted by Crippen LogP contribution is -2.16. The van der Waals surface area contributed by atoms with Crippen molar-refractivity contribution in [2.24, 2.45) is 0 Å². The minimum absolute atomic E-state index is 0.108. The van der Waals surface area contributed by atoms with Crippen LogP contribution < -0.4 is 10.6 Å².